The van der Waals surface area contributed by atoms with Gasteiger partial charge < -0.3 is 9.57 Å². The maximum Gasteiger partial charge on any atom is 0.353 e. The first-order chi connectivity index (χ1) is 5.81. The van der Waals surface area contributed by atoms with Gasteiger partial charge in [-0.15, -0.1) is 0 Å². The molecule has 0 aromatic rings. The summed E-state index contributed by atoms with van der Waals surface area (Å²) < 4.78 is 4.84. The maximum absolute atomic E-state index is 10.9. The van der Waals surface area contributed by atoms with Crippen LogP contribution in [0.3, 0.4) is 0 Å². The zero-order valence-electron chi connectivity index (χ0n) is 8.16. The fourth-order valence-corrected chi connectivity index (χ4v) is 0.472. The summed E-state index contributed by atoms with van der Waals surface area (Å²) in [5.41, 5.74) is -0.570. The van der Waals surface area contributed by atoms with Gasteiger partial charge in [-0.3, -0.25) is 0 Å². The van der Waals surface area contributed by atoms with Crippen LogP contribution in [0.1, 0.15) is 27.7 Å². The second-order valence-corrected chi connectivity index (χ2v) is 3.35. The first-order valence-electron chi connectivity index (χ1n) is 3.75. The van der Waals surface area contributed by atoms with Crippen molar-refractivity contribution < 1.29 is 19.2 Å². The van der Waals surface area contributed by atoms with E-state index < -0.39 is 17.5 Å². The lowest BCUT2D eigenvalue weighted by Crippen LogP contribution is -2.24. The fraction of sp³-hybridized carbons (Fsp3) is 0.625. The number of oxime groups is 1. The molecule has 0 amide bonds. The van der Waals surface area contributed by atoms with Crippen molar-refractivity contribution in [2.75, 3.05) is 0 Å². The molecular weight excluding hydrogens is 174 g/mol. The van der Waals surface area contributed by atoms with Crippen LogP contribution in [0.5, 0.6) is 0 Å². The zero-order valence-corrected chi connectivity index (χ0v) is 8.16. The zero-order chi connectivity index (χ0) is 10.5. The van der Waals surface area contributed by atoms with E-state index in [4.69, 9.17) is 4.74 Å². The second kappa shape index (κ2) is 4.59. The molecule has 5 nitrogen and oxygen atoms in total. The summed E-state index contributed by atoms with van der Waals surface area (Å²) in [6.45, 7) is 6.37. The van der Waals surface area contributed by atoms with Gasteiger partial charge in [0.25, 0.3) is 0 Å². The molecule has 0 N–H and O–H groups in total. The molecule has 0 aliphatic heterocycles. The van der Waals surface area contributed by atoms with Crippen molar-refractivity contribution >= 4 is 18.2 Å². The summed E-state index contributed by atoms with van der Waals surface area (Å²) in [6, 6.07) is 0. The average Bonchev–Trinajstić information content (AvgIpc) is 1.81. The van der Waals surface area contributed by atoms with Crippen LogP contribution in [0.15, 0.2) is 5.16 Å². The molecule has 0 radical (unpaired) electrons. The molecule has 0 saturated carbocycles. The molecule has 0 heterocycles. The van der Waals surface area contributed by atoms with Crippen LogP contribution in [0, 0.1) is 0 Å². The molecule has 74 valence electrons. The highest BCUT2D eigenvalue weighted by molar-refractivity contribution is 6.23. The summed E-state index contributed by atoms with van der Waals surface area (Å²) >= 11 is 0. The summed E-state index contributed by atoms with van der Waals surface area (Å²) in [5, 5.41) is 3.11. The van der Waals surface area contributed by atoms with Gasteiger partial charge in [-0.1, -0.05) is 5.16 Å². The Morgan fingerprint density at radius 3 is 2.23 bits per heavy atom. The summed E-state index contributed by atoms with van der Waals surface area (Å²) in [7, 11) is 0. The van der Waals surface area contributed by atoms with Gasteiger partial charge in [0.05, 0.1) is 0 Å². The van der Waals surface area contributed by atoms with E-state index in [-0.39, 0.29) is 0 Å². The molecule has 0 aromatic heterocycles. The van der Waals surface area contributed by atoms with E-state index in [1.54, 1.807) is 20.8 Å². The Balaban J connectivity index is 3.88. The number of esters is 1. The molecule has 0 rings (SSSR count). The molecule has 0 aliphatic carbocycles. The molecule has 0 aromatic carbocycles. The van der Waals surface area contributed by atoms with Gasteiger partial charge >= 0.3 is 11.9 Å². The molecular formula is C8H13NO4. The quantitative estimate of drug-likeness (QED) is 0.278. The number of ether oxygens (including phenoxy) is 1. The van der Waals surface area contributed by atoms with E-state index in [1.807, 2.05) is 0 Å². The van der Waals surface area contributed by atoms with Crippen molar-refractivity contribution in [1.29, 1.82) is 0 Å². The van der Waals surface area contributed by atoms with Gasteiger partial charge in [0.1, 0.15) is 5.60 Å². The summed E-state index contributed by atoms with van der Waals surface area (Å²) in [4.78, 5) is 25.3. The number of carbonyl (C=O) groups is 2. The van der Waals surface area contributed by atoms with Crippen molar-refractivity contribution in [2.24, 2.45) is 5.16 Å². The largest absolute Gasteiger partial charge is 0.456 e. The molecule has 0 unspecified atom stereocenters. The van der Waals surface area contributed by atoms with Crippen molar-refractivity contribution in [3.63, 3.8) is 0 Å². The van der Waals surface area contributed by atoms with Crippen LogP contribution in [-0.4, -0.2) is 23.8 Å². The molecule has 0 atom stereocenters. The summed E-state index contributed by atoms with van der Waals surface area (Å²) in [6.07, 6.45) is 0.812. The van der Waals surface area contributed by atoms with Crippen molar-refractivity contribution in [3.8, 4) is 0 Å². The normalized spacial score (nSPS) is 11.4. The predicted molar refractivity (Wildman–Crippen MR) is 46.1 cm³/mol. The summed E-state index contributed by atoms with van der Waals surface area (Å²) in [5.74, 6) is -1.23. The molecule has 5 heteroatoms. The molecule has 0 fully saturated rings. The highest BCUT2D eigenvalue weighted by atomic mass is 16.7. The Kier molecular flexibility index (Phi) is 4.10. The standard InChI is InChI=1S/C8H13NO4/c1-6(10)13-9-5-7(11)12-8(2,3)4/h5H,1-4H3/b9-5+. The first-order valence-corrected chi connectivity index (χ1v) is 3.75. The van der Waals surface area contributed by atoms with Crippen LogP contribution in [0.2, 0.25) is 0 Å². The molecule has 0 saturated heterocycles. The van der Waals surface area contributed by atoms with E-state index >= 15 is 0 Å². The van der Waals surface area contributed by atoms with Crippen molar-refractivity contribution in [2.45, 2.75) is 33.3 Å². The first kappa shape index (κ1) is 11.6. The number of hydrogen-bond acceptors (Lipinski definition) is 5. The fourth-order valence-electron chi connectivity index (χ4n) is 0.472. The Morgan fingerprint density at radius 1 is 1.31 bits per heavy atom. The van der Waals surface area contributed by atoms with E-state index in [2.05, 4.69) is 9.99 Å². The number of hydrogen-bond donors (Lipinski definition) is 0. The predicted octanol–water partition coefficient (Wildman–Crippen LogP) is 0.877. The third-order valence-corrected chi connectivity index (χ3v) is 0.746. The van der Waals surface area contributed by atoms with Crippen LogP contribution in [0.4, 0.5) is 0 Å². The molecule has 0 spiro atoms. The lowest BCUT2D eigenvalue weighted by atomic mass is 10.2. The molecule has 0 bridgehead atoms. The van der Waals surface area contributed by atoms with Gasteiger partial charge in [0, 0.05) is 6.92 Å². The Bertz CT molecular complexity index is 227. The number of rotatable bonds is 2. The Hall–Kier alpha value is -1.39. The Morgan fingerprint density at radius 2 is 1.85 bits per heavy atom. The molecule has 0 aliphatic rings. The number of nitrogens with zero attached hydrogens (tertiary/aromatic N) is 1. The SMILES string of the molecule is CC(=O)O/N=C/C(=O)OC(C)(C)C. The van der Waals surface area contributed by atoms with Crippen LogP contribution in [0.25, 0.3) is 0 Å². The Labute approximate surface area is 76.7 Å². The topological polar surface area (TPSA) is 65.0 Å². The smallest absolute Gasteiger partial charge is 0.353 e. The van der Waals surface area contributed by atoms with E-state index in [0.717, 1.165) is 6.21 Å². The lowest BCUT2D eigenvalue weighted by molar-refractivity contribution is -0.146. The minimum absolute atomic E-state index is 0.570. The van der Waals surface area contributed by atoms with Crippen LogP contribution in [-0.2, 0) is 19.2 Å². The minimum Gasteiger partial charge on any atom is -0.456 e. The third-order valence-electron chi connectivity index (χ3n) is 0.746. The van der Waals surface area contributed by atoms with Crippen molar-refractivity contribution in [3.05, 3.63) is 0 Å². The van der Waals surface area contributed by atoms with Crippen LogP contribution >= 0.6 is 0 Å². The van der Waals surface area contributed by atoms with Crippen molar-refractivity contribution in [1.82, 2.24) is 0 Å². The van der Waals surface area contributed by atoms with E-state index in [0.29, 0.717) is 0 Å². The minimum atomic E-state index is -0.645. The van der Waals surface area contributed by atoms with Gasteiger partial charge in [-0.05, 0) is 20.8 Å². The van der Waals surface area contributed by atoms with Crippen LogP contribution < -0.4 is 0 Å². The highest BCUT2D eigenvalue weighted by Gasteiger charge is 2.14. The van der Waals surface area contributed by atoms with Gasteiger partial charge in [0.2, 0.25) is 0 Å². The van der Waals surface area contributed by atoms with E-state index in [1.165, 1.54) is 6.92 Å². The monoisotopic (exact) mass is 187 g/mol. The molecule has 13 heavy (non-hydrogen) atoms. The highest BCUT2D eigenvalue weighted by Crippen LogP contribution is 2.05. The third kappa shape index (κ3) is 8.52. The van der Waals surface area contributed by atoms with Gasteiger partial charge in [0.15, 0.2) is 6.21 Å². The average molecular weight is 187 g/mol. The second-order valence-electron chi connectivity index (χ2n) is 3.35. The van der Waals surface area contributed by atoms with Gasteiger partial charge in [-0.25, -0.2) is 9.59 Å². The van der Waals surface area contributed by atoms with E-state index in [9.17, 15) is 9.59 Å². The van der Waals surface area contributed by atoms with Gasteiger partial charge in [-0.2, -0.15) is 0 Å². The lowest BCUT2D eigenvalue weighted by Gasteiger charge is -2.17. The number of carbonyl (C=O) groups excluding carboxylic acids is 2. The maximum atomic E-state index is 10.9.